The van der Waals surface area contributed by atoms with E-state index in [4.69, 9.17) is 14.3 Å². The SMILES string of the molecule is CCc1ccccc1OCc1nnc(CCO)o1. The van der Waals surface area contributed by atoms with E-state index in [1.807, 2.05) is 24.3 Å². The molecule has 0 saturated carbocycles. The average Bonchev–Trinajstić information content (AvgIpc) is 2.85. The van der Waals surface area contributed by atoms with Crippen LogP contribution < -0.4 is 4.74 Å². The Kier molecular flexibility index (Phi) is 4.30. The number of aliphatic hydroxyl groups excluding tert-OH is 1. The van der Waals surface area contributed by atoms with Gasteiger partial charge in [0.15, 0.2) is 6.61 Å². The first-order valence-corrected chi connectivity index (χ1v) is 5.96. The fourth-order valence-electron chi connectivity index (χ4n) is 1.62. The van der Waals surface area contributed by atoms with Crippen LogP contribution in [0.5, 0.6) is 5.75 Å². The molecular formula is C13H16N2O3. The third kappa shape index (κ3) is 3.07. The van der Waals surface area contributed by atoms with Gasteiger partial charge in [-0.1, -0.05) is 25.1 Å². The van der Waals surface area contributed by atoms with Crippen LogP contribution >= 0.6 is 0 Å². The highest BCUT2D eigenvalue weighted by Crippen LogP contribution is 2.19. The van der Waals surface area contributed by atoms with Crippen LogP contribution in [0.1, 0.15) is 24.3 Å². The Bertz CT molecular complexity index is 496. The van der Waals surface area contributed by atoms with Gasteiger partial charge in [-0.15, -0.1) is 10.2 Å². The summed E-state index contributed by atoms with van der Waals surface area (Å²) >= 11 is 0. The third-order valence-electron chi connectivity index (χ3n) is 2.54. The zero-order valence-corrected chi connectivity index (χ0v) is 10.3. The van der Waals surface area contributed by atoms with Crippen LogP contribution in [0.4, 0.5) is 0 Å². The second-order valence-electron chi connectivity index (χ2n) is 3.81. The topological polar surface area (TPSA) is 68.4 Å². The molecule has 0 spiro atoms. The fraction of sp³-hybridized carbons (Fsp3) is 0.385. The normalized spacial score (nSPS) is 10.6. The van der Waals surface area contributed by atoms with E-state index < -0.39 is 0 Å². The summed E-state index contributed by atoms with van der Waals surface area (Å²) in [5, 5.41) is 16.4. The minimum absolute atomic E-state index is 0.00115. The average molecular weight is 248 g/mol. The van der Waals surface area contributed by atoms with Gasteiger partial charge in [0.25, 0.3) is 5.89 Å². The Morgan fingerprint density at radius 2 is 2.00 bits per heavy atom. The van der Waals surface area contributed by atoms with Crippen molar-refractivity contribution in [2.45, 2.75) is 26.4 Å². The predicted molar refractivity (Wildman–Crippen MR) is 65.2 cm³/mol. The van der Waals surface area contributed by atoms with Crippen LogP contribution in [-0.2, 0) is 19.4 Å². The van der Waals surface area contributed by atoms with Gasteiger partial charge in [0.1, 0.15) is 5.75 Å². The maximum atomic E-state index is 8.75. The fourth-order valence-corrected chi connectivity index (χ4v) is 1.62. The molecule has 0 fully saturated rings. The van der Waals surface area contributed by atoms with Crippen molar-refractivity contribution < 1.29 is 14.3 Å². The zero-order chi connectivity index (χ0) is 12.8. The van der Waals surface area contributed by atoms with Gasteiger partial charge in [-0.25, -0.2) is 0 Å². The Hall–Kier alpha value is -1.88. The van der Waals surface area contributed by atoms with E-state index in [1.54, 1.807) is 0 Å². The second kappa shape index (κ2) is 6.16. The third-order valence-corrected chi connectivity index (χ3v) is 2.54. The van der Waals surface area contributed by atoms with Crippen LogP contribution in [0.25, 0.3) is 0 Å². The van der Waals surface area contributed by atoms with Crippen molar-refractivity contribution >= 4 is 0 Å². The van der Waals surface area contributed by atoms with E-state index in [1.165, 1.54) is 0 Å². The molecular weight excluding hydrogens is 232 g/mol. The number of aryl methyl sites for hydroxylation is 1. The summed E-state index contributed by atoms with van der Waals surface area (Å²) in [5.74, 6) is 1.69. The van der Waals surface area contributed by atoms with Gasteiger partial charge in [-0.05, 0) is 18.1 Å². The van der Waals surface area contributed by atoms with Crippen molar-refractivity contribution in [3.63, 3.8) is 0 Å². The molecule has 2 aromatic rings. The molecule has 0 saturated heterocycles. The van der Waals surface area contributed by atoms with Crippen LogP contribution in [0.3, 0.4) is 0 Å². The molecule has 0 amide bonds. The minimum Gasteiger partial charge on any atom is -0.484 e. The molecule has 0 unspecified atom stereocenters. The first-order valence-electron chi connectivity index (χ1n) is 5.96. The zero-order valence-electron chi connectivity index (χ0n) is 10.3. The van der Waals surface area contributed by atoms with Crippen LogP contribution in [0.2, 0.25) is 0 Å². The first kappa shape index (κ1) is 12.6. The highest BCUT2D eigenvalue weighted by molar-refractivity contribution is 5.33. The summed E-state index contributed by atoms with van der Waals surface area (Å²) in [5.41, 5.74) is 1.15. The summed E-state index contributed by atoms with van der Waals surface area (Å²) in [7, 11) is 0. The number of para-hydroxylation sites is 1. The number of aliphatic hydroxyl groups is 1. The second-order valence-corrected chi connectivity index (χ2v) is 3.81. The van der Waals surface area contributed by atoms with Crippen molar-refractivity contribution in [2.24, 2.45) is 0 Å². The van der Waals surface area contributed by atoms with E-state index in [0.717, 1.165) is 17.7 Å². The summed E-state index contributed by atoms with van der Waals surface area (Å²) in [6.07, 6.45) is 1.29. The summed E-state index contributed by atoms with van der Waals surface area (Å²) in [6.45, 7) is 2.32. The summed E-state index contributed by atoms with van der Waals surface area (Å²) < 4.78 is 11.0. The van der Waals surface area contributed by atoms with E-state index in [-0.39, 0.29) is 13.2 Å². The van der Waals surface area contributed by atoms with Gasteiger partial charge in [-0.3, -0.25) is 0 Å². The highest BCUT2D eigenvalue weighted by atomic mass is 16.5. The number of aromatic nitrogens is 2. The van der Waals surface area contributed by atoms with Gasteiger partial charge in [0, 0.05) is 6.42 Å². The van der Waals surface area contributed by atoms with E-state index in [2.05, 4.69) is 17.1 Å². The largest absolute Gasteiger partial charge is 0.484 e. The lowest BCUT2D eigenvalue weighted by Gasteiger charge is -2.07. The molecule has 0 aliphatic carbocycles. The molecule has 1 aromatic heterocycles. The Morgan fingerprint density at radius 3 is 2.78 bits per heavy atom. The van der Waals surface area contributed by atoms with Crippen molar-refractivity contribution in [3.05, 3.63) is 41.6 Å². The lowest BCUT2D eigenvalue weighted by Crippen LogP contribution is -1.98. The van der Waals surface area contributed by atoms with E-state index in [9.17, 15) is 0 Å². The Morgan fingerprint density at radius 1 is 1.22 bits per heavy atom. The van der Waals surface area contributed by atoms with Gasteiger partial charge in [0.05, 0.1) is 6.61 Å². The number of hydrogen-bond acceptors (Lipinski definition) is 5. The highest BCUT2D eigenvalue weighted by Gasteiger charge is 2.07. The maximum Gasteiger partial charge on any atom is 0.253 e. The lowest BCUT2D eigenvalue weighted by atomic mass is 10.1. The van der Waals surface area contributed by atoms with Crippen LogP contribution in [-0.4, -0.2) is 21.9 Å². The van der Waals surface area contributed by atoms with Crippen molar-refractivity contribution in [3.8, 4) is 5.75 Å². The van der Waals surface area contributed by atoms with E-state index in [0.29, 0.717) is 18.2 Å². The van der Waals surface area contributed by atoms with Gasteiger partial charge >= 0.3 is 0 Å². The molecule has 18 heavy (non-hydrogen) atoms. The first-order chi connectivity index (χ1) is 8.83. The monoisotopic (exact) mass is 248 g/mol. The summed E-state index contributed by atoms with van der Waals surface area (Å²) in [6, 6.07) is 7.86. The number of nitrogens with zero attached hydrogens (tertiary/aromatic N) is 2. The molecule has 5 nitrogen and oxygen atoms in total. The van der Waals surface area contributed by atoms with Gasteiger partial charge in [0.2, 0.25) is 5.89 Å². The van der Waals surface area contributed by atoms with Crippen molar-refractivity contribution in [1.82, 2.24) is 10.2 Å². The molecule has 0 atom stereocenters. The number of ether oxygens (including phenoxy) is 1. The van der Waals surface area contributed by atoms with Crippen LogP contribution in [0.15, 0.2) is 28.7 Å². The van der Waals surface area contributed by atoms with Gasteiger partial charge < -0.3 is 14.3 Å². The minimum atomic E-state index is 0.00115. The maximum absolute atomic E-state index is 8.75. The molecule has 1 heterocycles. The standard InChI is InChI=1S/C13H16N2O3/c1-2-10-5-3-4-6-11(10)17-9-13-15-14-12(18-13)7-8-16/h3-6,16H,2,7-9H2,1H3. The molecule has 0 aliphatic rings. The van der Waals surface area contributed by atoms with Gasteiger partial charge in [-0.2, -0.15) is 0 Å². The molecule has 1 aromatic carbocycles. The molecule has 0 aliphatic heterocycles. The summed E-state index contributed by atoms with van der Waals surface area (Å²) in [4.78, 5) is 0. The lowest BCUT2D eigenvalue weighted by molar-refractivity contribution is 0.248. The quantitative estimate of drug-likeness (QED) is 0.843. The number of benzene rings is 1. The molecule has 2 rings (SSSR count). The predicted octanol–water partition coefficient (Wildman–Crippen LogP) is 1.75. The van der Waals surface area contributed by atoms with Crippen molar-refractivity contribution in [2.75, 3.05) is 6.61 Å². The Balaban J connectivity index is 1.97. The molecule has 0 bridgehead atoms. The molecule has 1 N–H and O–H groups in total. The smallest absolute Gasteiger partial charge is 0.253 e. The molecule has 96 valence electrons. The molecule has 5 heteroatoms. The number of hydrogen-bond donors (Lipinski definition) is 1. The van der Waals surface area contributed by atoms with Crippen LogP contribution in [0, 0.1) is 0 Å². The van der Waals surface area contributed by atoms with Crippen molar-refractivity contribution in [1.29, 1.82) is 0 Å². The number of rotatable bonds is 6. The Labute approximate surface area is 105 Å². The van der Waals surface area contributed by atoms with E-state index >= 15 is 0 Å². The molecule has 0 radical (unpaired) electrons.